The number of primary amides is 1. The van der Waals surface area contributed by atoms with E-state index < -0.39 is 0 Å². The Morgan fingerprint density at radius 3 is 1.63 bits per heavy atom. The number of nitrogens with two attached hydrogens (primary N) is 1. The van der Waals surface area contributed by atoms with Gasteiger partial charge in [-0.1, -0.05) is 121 Å². The van der Waals surface area contributed by atoms with E-state index in [0.29, 0.717) is 0 Å². The van der Waals surface area contributed by atoms with Crippen LogP contribution in [0, 0.1) is 0 Å². The summed E-state index contributed by atoms with van der Waals surface area (Å²) < 4.78 is 0. The van der Waals surface area contributed by atoms with E-state index in [4.69, 9.17) is 5.73 Å². The van der Waals surface area contributed by atoms with Gasteiger partial charge in [-0.15, -0.1) is 0 Å². The molecule has 2 N–H and O–H groups in total. The summed E-state index contributed by atoms with van der Waals surface area (Å²) in [6.45, 7) is 2.28. The quantitative estimate of drug-likeness (QED) is 0.224. The fraction of sp³-hybridized carbons (Fsp3) is 0.640. The molecule has 0 fully saturated rings. The molecule has 0 saturated heterocycles. The highest BCUT2D eigenvalue weighted by Gasteiger charge is 2.05. The first kappa shape index (κ1) is 23.5. The van der Waals surface area contributed by atoms with Crippen molar-refractivity contribution in [3.8, 4) is 0 Å². The number of unbranched alkanes of at least 4 members (excludes halogenated alkanes) is 13. The van der Waals surface area contributed by atoms with Gasteiger partial charge in [0.2, 0.25) is 5.91 Å². The van der Waals surface area contributed by atoms with Crippen LogP contribution in [0.5, 0.6) is 0 Å². The third-order valence-electron chi connectivity index (χ3n) is 5.26. The molecule has 1 aromatic rings. The molecule has 0 spiro atoms. The topological polar surface area (TPSA) is 43.1 Å². The molecular formula is C25H41NO. The highest BCUT2D eigenvalue weighted by molar-refractivity contribution is 5.96. The third kappa shape index (κ3) is 13.3. The van der Waals surface area contributed by atoms with E-state index in [2.05, 4.69) is 6.92 Å². The van der Waals surface area contributed by atoms with Crippen LogP contribution in [0.25, 0.3) is 6.08 Å². The fourth-order valence-corrected chi connectivity index (χ4v) is 3.53. The molecule has 2 heteroatoms. The summed E-state index contributed by atoms with van der Waals surface area (Å²) in [6, 6.07) is 9.96. The van der Waals surface area contributed by atoms with Crippen molar-refractivity contribution in [2.45, 2.75) is 103 Å². The normalized spacial score (nSPS) is 11.7. The van der Waals surface area contributed by atoms with Crippen molar-refractivity contribution < 1.29 is 4.79 Å². The second-order valence-corrected chi connectivity index (χ2v) is 7.79. The predicted molar refractivity (Wildman–Crippen MR) is 119 cm³/mol. The molecule has 0 bridgehead atoms. The lowest BCUT2D eigenvalue weighted by Gasteiger charge is -2.05. The van der Waals surface area contributed by atoms with Crippen LogP contribution in [0.2, 0.25) is 0 Å². The second-order valence-electron chi connectivity index (χ2n) is 7.79. The molecule has 0 aliphatic heterocycles. The lowest BCUT2D eigenvalue weighted by Crippen LogP contribution is -2.13. The Labute approximate surface area is 167 Å². The van der Waals surface area contributed by atoms with Crippen LogP contribution >= 0.6 is 0 Å². The van der Waals surface area contributed by atoms with Gasteiger partial charge < -0.3 is 5.73 Å². The zero-order valence-electron chi connectivity index (χ0n) is 17.6. The summed E-state index contributed by atoms with van der Waals surface area (Å²) >= 11 is 0. The van der Waals surface area contributed by atoms with Crippen LogP contribution in [-0.2, 0) is 4.79 Å². The first-order chi connectivity index (χ1) is 13.2. The number of hydrogen-bond donors (Lipinski definition) is 1. The SMILES string of the molecule is CCCCCCCCCCCCCCCC/C(=C/c1ccccc1)C(N)=O. The fourth-order valence-electron chi connectivity index (χ4n) is 3.53. The van der Waals surface area contributed by atoms with Crippen molar-refractivity contribution in [2.24, 2.45) is 5.73 Å². The standard InChI is InChI=1S/C25H41NO/c1-2-3-4-5-6-7-8-9-10-11-12-13-14-18-21-24(25(26)27)22-23-19-16-15-17-20-23/h15-17,19-20,22H,2-14,18,21H2,1H3,(H2,26,27)/b24-22-. The summed E-state index contributed by atoms with van der Waals surface area (Å²) in [5.74, 6) is -0.284. The van der Waals surface area contributed by atoms with Crippen molar-refractivity contribution >= 4 is 12.0 Å². The Morgan fingerprint density at radius 1 is 0.741 bits per heavy atom. The number of amides is 1. The minimum absolute atomic E-state index is 0.284. The van der Waals surface area contributed by atoms with Gasteiger partial charge in [-0.25, -0.2) is 0 Å². The minimum Gasteiger partial charge on any atom is -0.366 e. The molecule has 0 aromatic heterocycles. The Morgan fingerprint density at radius 2 is 1.19 bits per heavy atom. The van der Waals surface area contributed by atoms with E-state index in [0.717, 1.165) is 24.0 Å². The van der Waals surface area contributed by atoms with Gasteiger partial charge in [-0.05, 0) is 24.5 Å². The van der Waals surface area contributed by atoms with E-state index >= 15 is 0 Å². The maximum atomic E-state index is 11.6. The van der Waals surface area contributed by atoms with Crippen LogP contribution < -0.4 is 5.73 Å². The van der Waals surface area contributed by atoms with Crippen LogP contribution in [-0.4, -0.2) is 5.91 Å². The van der Waals surface area contributed by atoms with Crippen molar-refractivity contribution in [2.75, 3.05) is 0 Å². The number of benzene rings is 1. The zero-order valence-corrected chi connectivity index (χ0v) is 17.6. The van der Waals surface area contributed by atoms with Crippen molar-refractivity contribution in [1.29, 1.82) is 0 Å². The molecule has 0 aliphatic rings. The molecule has 0 atom stereocenters. The monoisotopic (exact) mass is 371 g/mol. The average Bonchev–Trinajstić information content (AvgIpc) is 2.68. The first-order valence-electron chi connectivity index (χ1n) is 11.3. The van der Waals surface area contributed by atoms with Gasteiger partial charge in [-0.2, -0.15) is 0 Å². The third-order valence-corrected chi connectivity index (χ3v) is 5.26. The molecule has 0 radical (unpaired) electrons. The van der Waals surface area contributed by atoms with Crippen LogP contribution in [0.4, 0.5) is 0 Å². The minimum atomic E-state index is -0.284. The van der Waals surface area contributed by atoms with Crippen LogP contribution in [0.1, 0.15) is 109 Å². The maximum absolute atomic E-state index is 11.6. The van der Waals surface area contributed by atoms with E-state index in [-0.39, 0.29) is 5.91 Å². The molecule has 0 unspecified atom stereocenters. The first-order valence-corrected chi connectivity index (χ1v) is 11.3. The van der Waals surface area contributed by atoms with Gasteiger partial charge in [0.05, 0.1) is 0 Å². The lowest BCUT2D eigenvalue weighted by atomic mass is 10.0. The summed E-state index contributed by atoms with van der Waals surface area (Å²) in [4.78, 5) is 11.6. The molecular weight excluding hydrogens is 330 g/mol. The number of carbonyl (C=O) groups excluding carboxylic acids is 1. The maximum Gasteiger partial charge on any atom is 0.244 e. The Hall–Kier alpha value is -1.57. The van der Waals surface area contributed by atoms with E-state index in [9.17, 15) is 4.79 Å². The van der Waals surface area contributed by atoms with E-state index in [1.807, 2.05) is 36.4 Å². The summed E-state index contributed by atoms with van der Waals surface area (Å²) in [7, 11) is 0. The molecule has 27 heavy (non-hydrogen) atoms. The number of rotatable bonds is 17. The van der Waals surface area contributed by atoms with Crippen molar-refractivity contribution in [1.82, 2.24) is 0 Å². The summed E-state index contributed by atoms with van der Waals surface area (Å²) in [5, 5.41) is 0. The molecule has 1 rings (SSSR count). The largest absolute Gasteiger partial charge is 0.366 e. The molecule has 152 valence electrons. The van der Waals surface area contributed by atoms with Gasteiger partial charge in [-0.3, -0.25) is 4.79 Å². The Balaban J connectivity index is 1.98. The highest BCUT2D eigenvalue weighted by atomic mass is 16.1. The molecule has 1 aromatic carbocycles. The lowest BCUT2D eigenvalue weighted by molar-refractivity contribution is -0.114. The summed E-state index contributed by atoms with van der Waals surface area (Å²) in [6.07, 6.45) is 21.6. The van der Waals surface area contributed by atoms with Crippen molar-refractivity contribution in [3.63, 3.8) is 0 Å². The Kier molecular flexibility index (Phi) is 14.4. The summed E-state index contributed by atoms with van der Waals surface area (Å²) in [5.41, 5.74) is 7.33. The van der Waals surface area contributed by atoms with Crippen LogP contribution in [0.15, 0.2) is 35.9 Å². The smallest absolute Gasteiger partial charge is 0.244 e. The number of hydrogen-bond acceptors (Lipinski definition) is 1. The van der Waals surface area contributed by atoms with Crippen molar-refractivity contribution in [3.05, 3.63) is 41.5 Å². The molecule has 0 aliphatic carbocycles. The molecule has 0 heterocycles. The molecule has 1 amide bonds. The second kappa shape index (κ2) is 16.6. The van der Waals surface area contributed by atoms with E-state index in [1.54, 1.807) is 0 Å². The number of carbonyl (C=O) groups is 1. The zero-order chi connectivity index (χ0) is 19.6. The molecule has 2 nitrogen and oxygen atoms in total. The van der Waals surface area contributed by atoms with Gasteiger partial charge >= 0.3 is 0 Å². The average molecular weight is 372 g/mol. The van der Waals surface area contributed by atoms with Gasteiger partial charge in [0, 0.05) is 5.57 Å². The Bertz CT molecular complexity index is 506. The van der Waals surface area contributed by atoms with Gasteiger partial charge in [0.1, 0.15) is 0 Å². The van der Waals surface area contributed by atoms with Gasteiger partial charge in [0.25, 0.3) is 0 Å². The molecule has 0 saturated carbocycles. The highest BCUT2D eigenvalue weighted by Crippen LogP contribution is 2.16. The predicted octanol–water partition coefficient (Wildman–Crippen LogP) is 7.43. The van der Waals surface area contributed by atoms with Crippen LogP contribution in [0.3, 0.4) is 0 Å². The van der Waals surface area contributed by atoms with Gasteiger partial charge in [0.15, 0.2) is 0 Å². The van der Waals surface area contributed by atoms with E-state index in [1.165, 1.54) is 83.5 Å².